The van der Waals surface area contributed by atoms with Crippen LogP contribution in [-0.2, 0) is 0 Å². The van der Waals surface area contributed by atoms with Gasteiger partial charge >= 0.3 is 0 Å². The second-order valence-electron chi connectivity index (χ2n) is 7.77. The molecule has 30 heavy (non-hydrogen) atoms. The number of rotatable bonds is 2. The third-order valence-corrected chi connectivity index (χ3v) is 6.10. The first kappa shape index (κ1) is 17.1. The van der Waals surface area contributed by atoms with Crippen LogP contribution in [0, 0.1) is 0 Å². The van der Waals surface area contributed by atoms with Crippen molar-refractivity contribution in [3.63, 3.8) is 0 Å². The minimum atomic E-state index is 1.21. The van der Waals surface area contributed by atoms with Gasteiger partial charge in [-0.2, -0.15) is 0 Å². The van der Waals surface area contributed by atoms with Crippen LogP contribution < -0.4 is 0 Å². The van der Waals surface area contributed by atoms with Gasteiger partial charge in [0.15, 0.2) is 0 Å². The number of aromatic nitrogens is 1. The molecule has 0 spiro atoms. The molecule has 6 aromatic rings. The van der Waals surface area contributed by atoms with Crippen molar-refractivity contribution in [3.8, 4) is 0 Å². The molecule has 0 fully saturated rings. The zero-order valence-electron chi connectivity index (χ0n) is 16.8. The molecule has 0 amide bonds. The largest absolute Gasteiger partial charge is 0.308 e. The van der Waals surface area contributed by atoms with E-state index in [0.29, 0.717) is 0 Å². The van der Waals surface area contributed by atoms with Crippen LogP contribution in [0.4, 0.5) is 0 Å². The fraction of sp³-hybridized carbons (Fsp3) is 0.0345. The van der Waals surface area contributed by atoms with Crippen molar-refractivity contribution in [1.29, 1.82) is 0 Å². The Bertz CT molecular complexity index is 1580. The SMILES string of the molecule is C/C=C(\c1ccccc1)n1c2cc3ccccc3cc2c2ccc3ccccc3c21. The normalized spacial score (nSPS) is 12.4. The Labute approximate surface area is 175 Å². The van der Waals surface area contributed by atoms with Gasteiger partial charge in [0, 0.05) is 21.9 Å². The summed E-state index contributed by atoms with van der Waals surface area (Å²) in [4.78, 5) is 0. The third-order valence-electron chi connectivity index (χ3n) is 6.10. The molecule has 1 heteroatoms. The average molecular weight is 383 g/mol. The molecule has 1 aromatic heterocycles. The van der Waals surface area contributed by atoms with E-state index < -0.39 is 0 Å². The Hall–Kier alpha value is -3.84. The monoisotopic (exact) mass is 383 g/mol. The van der Waals surface area contributed by atoms with E-state index >= 15 is 0 Å². The Kier molecular flexibility index (Phi) is 3.75. The molecule has 0 radical (unpaired) electrons. The summed E-state index contributed by atoms with van der Waals surface area (Å²) in [7, 11) is 0. The van der Waals surface area contributed by atoms with Gasteiger partial charge in [-0.05, 0) is 40.8 Å². The van der Waals surface area contributed by atoms with Crippen molar-refractivity contribution in [3.05, 3.63) is 115 Å². The molecule has 0 atom stereocenters. The molecule has 6 rings (SSSR count). The molecule has 0 aliphatic heterocycles. The Morgan fingerprint density at radius 2 is 1.27 bits per heavy atom. The zero-order valence-corrected chi connectivity index (χ0v) is 16.8. The molecule has 0 aliphatic rings. The predicted octanol–water partition coefficient (Wildman–Crippen LogP) is 8.01. The summed E-state index contributed by atoms with van der Waals surface area (Å²) in [6, 6.07) is 37.2. The third kappa shape index (κ3) is 2.42. The molecule has 0 saturated carbocycles. The first-order valence-corrected chi connectivity index (χ1v) is 10.4. The van der Waals surface area contributed by atoms with Crippen molar-refractivity contribution in [2.45, 2.75) is 6.92 Å². The number of allylic oxidation sites excluding steroid dienone is 1. The Morgan fingerprint density at radius 3 is 2.03 bits per heavy atom. The van der Waals surface area contributed by atoms with E-state index in [1.54, 1.807) is 0 Å². The van der Waals surface area contributed by atoms with Gasteiger partial charge in [0.25, 0.3) is 0 Å². The molecular formula is C29H21N. The van der Waals surface area contributed by atoms with Gasteiger partial charge < -0.3 is 4.57 Å². The van der Waals surface area contributed by atoms with E-state index in [2.05, 4.69) is 121 Å². The summed E-state index contributed by atoms with van der Waals surface area (Å²) >= 11 is 0. The van der Waals surface area contributed by atoms with Gasteiger partial charge in [0.1, 0.15) is 0 Å². The first-order valence-electron chi connectivity index (χ1n) is 10.4. The van der Waals surface area contributed by atoms with E-state index in [0.717, 1.165) is 0 Å². The van der Waals surface area contributed by atoms with Crippen molar-refractivity contribution >= 4 is 49.0 Å². The second kappa shape index (κ2) is 6.60. The maximum atomic E-state index is 2.45. The molecule has 1 heterocycles. The summed E-state index contributed by atoms with van der Waals surface area (Å²) < 4.78 is 2.45. The van der Waals surface area contributed by atoms with Crippen LogP contribution >= 0.6 is 0 Å². The quantitative estimate of drug-likeness (QED) is 0.285. The van der Waals surface area contributed by atoms with Gasteiger partial charge in [-0.3, -0.25) is 0 Å². The van der Waals surface area contributed by atoms with Crippen molar-refractivity contribution in [1.82, 2.24) is 4.57 Å². The van der Waals surface area contributed by atoms with Crippen LogP contribution in [0.2, 0.25) is 0 Å². The number of benzene rings is 5. The molecule has 0 N–H and O–H groups in total. The number of hydrogen-bond donors (Lipinski definition) is 0. The van der Waals surface area contributed by atoms with Crippen LogP contribution in [-0.4, -0.2) is 4.57 Å². The predicted molar refractivity (Wildman–Crippen MR) is 130 cm³/mol. The fourth-order valence-electron chi connectivity index (χ4n) is 4.75. The van der Waals surface area contributed by atoms with Gasteiger partial charge in [0.05, 0.1) is 11.0 Å². The van der Waals surface area contributed by atoms with Gasteiger partial charge in [-0.1, -0.05) is 97.1 Å². The molecule has 0 aliphatic carbocycles. The number of nitrogens with zero attached hydrogens (tertiary/aromatic N) is 1. The van der Waals surface area contributed by atoms with Crippen LogP contribution in [0.25, 0.3) is 49.0 Å². The lowest BCUT2D eigenvalue weighted by Crippen LogP contribution is -1.99. The van der Waals surface area contributed by atoms with E-state index in [4.69, 9.17) is 0 Å². The average Bonchev–Trinajstić information content (AvgIpc) is 3.13. The van der Waals surface area contributed by atoms with E-state index in [9.17, 15) is 0 Å². The maximum Gasteiger partial charge on any atom is 0.0619 e. The van der Waals surface area contributed by atoms with Crippen LogP contribution in [0.5, 0.6) is 0 Å². The van der Waals surface area contributed by atoms with Crippen molar-refractivity contribution in [2.24, 2.45) is 0 Å². The van der Waals surface area contributed by atoms with E-state index in [1.807, 2.05) is 0 Å². The minimum Gasteiger partial charge on any atom is -0.308 e. The summed E-state index contributed by atoms with van der Waals surface area (Å²) in [5, 5.41) is 7.68. The van der Waals surface area contributed by atoms with Crippen LogP contribution in [0.3, 0.4) is 0 Å². The highest BCUT2D eigenvalue weighted by Gasteiger charge is 2.17. The summed E-state index contributed by atoms with van der Waals surface area (Å²) in [5.41, 5.74) is 4.95. The van der Waals surface area contributed by atoms with Gasteiger partial charge in [0.2, 0.25) is 0 Å². The fourth-order valence-corrected chi connectivity index (χ4v) is 4.75. The minimum absolute atomic E-state index is 1.21. The van der Waals surface area contributed by atoms with Crippen molar-refractivity contribution < 1.29 is 0 Å². The van der Waals surface area contributed by atoms with E-state index in [-0.39, 0.29) is 0 Å². The maximum absolute atomic E-state index is 2.45. The van der Waals surface area contributed by atoms with Gasteiger partial charge in [-0.25, -0.2) is 0 Å². The smallest absolute Gasteiger partial charge is 0.0619 e. The molecular weight excluding hydrogens is 362 g/mol. The highest BCUT2D eigenvalue weighted by molar-refractivity contribution is 6.21. The van der Waals surface area contributed by atoms with Gasteiger partial charge in [-0.15, -0.1) is 0 Å². The Morgan fingerprint density at radius 1 is 0.600 bits per heavy atom. The lowest BCUT2D eigenvalue weighted by molar-refractivity contribution is 1.22. The first-order chi connectivity index (χ1) is 14.8. The molecule has 5 aromatic carbocycles. The second-order valence-corrected chi connectivity index (χ2v) is 7.77. The van der Waals surface area contributed by atoms with Crippen LogP contribution in [0.1, 0.15) is 12.5 Å². The topological polar surface area (TPSA) is 4.93 Å². The number of hydrogen-bond acceptors (Lipinski definition) is 0. The van der Waals surface area contributed by atoms with E-state index in [1.165, 1.54) is 54.6 Å². The number of fused-ring (bicyclic) bond motifs is 6. The summed E-state index contributed by atoms with van der Waals surface area (Å²) in [6.45, 7) is 2.13. The van der Waals surface area contributed by atoms with Crippen LogP contribution in [0.15, 0.2) is 109 Å². The standard InChI is InChI=1S/C29H21N/c1-2-27(21-11-4-3-5-12-21)30-28-19-23-14-7-6-13-22(23)18-26(28)25-17-16-20-10-8-9-15-24(20)29(25)30/h2-19H,1H3/b27-2+. The summed E-state index contributed by atoms with van der Waals surface area (Å²) in [5.74, 6) is 0. The highest BCUT2D eigenvalue weighted by atomic mass is 15.0. The molecule has 0 unspecified atom stereocenters. The summed E-state index contributed by atoms with van der Waals surface area (Å²) in [6.07, 6.45) is 2.23. The highest BCUT2D eigenvalue weighted by Crippen LogP contribution is 2.39. The zero-order chi connectivity index (χ0) is 20.1. The molecule has 1 nitrogen and oxygen atoms in total. The lowest BCUT2D eigenvalue weighted by Gasteiger charge is -2.14. The molecule has 0 saturated heterocycles. The molecule has 0 bridgehead atoms. The molecule has 142 valence electrons. The van der Waals surface area contributed by atoms with Crippen molar-refractivity contribution in [2.75, 3.05) is 0 Å². The Balaban J connectivity index is 1.87. The lowest BCUT2D eigenvalue weighted by atomic mass is 10.0.